The van der Waals surface area contributed by atoms with Crippen molar-refractivity contribution in [3.05, 3.63) is 31.0 Å². The zero-order chi connectivity index (χ0) is 13.4. The van der Waals surface area contributed by atoms with E-state index in [1.165, 1.54) is 0 Å². The molecule has 0 unspecified atom stereocenters. The van der Waals surface area contributed by atoms with Gasteiger partial charge in [-0.15, -0.1) is 0 Å². The van der Waals surface area contributed by atoms with Crippen LogP contribution in [0.15, 0.2) is 6.07 Å². The Morgan fingerprint density at radius 3 is 2.29 bits per heavy atom. The van der Waals surface area contributed by atoms with Crippen LogP contribution >= 0.6 is 22.6 Å². The highest BCUT2D eigenvalue weighted by atomic mass is 127. The maximum Gasteiger partial charge on any atom is 0.459 e. The number of rotatable bonds is 2. The lowest BCUT2D eigenvalue weighted by atomic mass is 10.2. The van der Waals surface area contributed by atoms with Gasteiger partial charge in [0.25, 0.3) is 12.1 Å². The van der Waals surface area contributed by atoms with Gasteiger partial charge >= 0.3 is 12.0 Å². The monoisotopic (exact) mass is 368 g/mol. The van der Waals surface area contributed by atoms with Gasteiger partial charge in [0.05, 0.1) is 3.57 Å². The van der Waals surface area contributed by atoms with E-state index in [0.717, 1.165) is 22.6 Å². The average Bonchev–Trinajstić information content (AvgIpc) is 2.14. The molecular formula is C7H2F5IN2O2. The van der Waals surface area contributed by atoms with E-state index in [4.69, 9.17) is 0 Å². The molecule has 0 spiro atoms. The lowest BCUT2D eigenvalue weighted by molar-refractivity contribution is -0.391. The Morgan fingerprint density at radius 1 is 1.41 bits per heavy atom. The summed E-state index contributed by atoms with van der Waals surface area (Å²) >= 11 is 1.15. The second-order valence-electron chi connectivity index (χ2n) is 2.79. The van der Waals surface area contributed by atoms with Gasteiger partial charge in [0.2, 0.25) is 0 Å². The Kier molecular flexibility index (Phi) is 3.84. The molecule has 1 aromatic heterocycles. The topological polar surface area (TPSA) is 56.0 Å². The van der Waals surface area contributed by atoms with E-state index in [2.05, 4.69) is 4.98 Å². The second-order valence-corrected chi connectivity index (χ2v) is 3.95. The van der Waals surface area contributed by atoms with Gasteiger partial charge in [0, 0.05) is 0 Å². The summed E-state index contributed by atoms with van der Waals surface area (Å²) in [5.41, 5.74) is -2.68. The Bertz CT molecular complexity index is 462. The van der Waals surface area contributed by atoms with Crippen molar-refractivity contribution in [1.82, 2.24) is 4.98 Å². The summed E-state index contributed by atoms with van der Waals surface area (Å²) < 4.78 is 61.2. The van der Waals surface area contributed by atoms with E-state index in [9.17, 15) is 32.1 Å². The summed E-state index contributed by atoms with van der Waals surface area (Å²) in [5.74, 6) is -1.48. The first-order chi connectivity index (χ1) is 7.64. The average molecular weight is 368 g/mol. The second kappa shape index (κ2) is 4.66. The molecule has 0 N–H and O–H groups in total. The first kappa shape index (κ1) is 14.0. The fraction of sp³-hybridized carbons (Fsp3) is 0.286. The molecule has 10 heteroatoms. The lowest BCUT2D eigenvalue weighted by Gasteiger charge is -2.07. The van der Waals surface area contributed by atoms with Gasteiger partial charge in [0.1, 0.15) is 5.56 Å². The van der Waals surface area contributed by atoms with Gasteiger partial charge in [-0.3, -0.25) is 0 Å². The fourth-order valence-electron chi connectivity index (χ4n) is 0.999. The number of halogens is 6. The highest BCUT2D eigenvalue weighted by Gasteiger charge is 2.42. The number of nitro groups is 1. The summed E-state index contributed by atoms with van der Waals surface area (Å²) in [6.07, 6.45) is -8.19. The molecule has 0 fully saturated rings. The quantitative estimate of drug-likeness (QED) is 0.347. The summed E-state index contributed by atoms with van der Waals surface area (Å²) in [5, 5.41) is 10.4. The summed E-state index contributed by atoms with van der Waals surface area (Å²) in [6.45, 7) is 0. The third-order valence-corrected chi connectivity index (χ3v) is 2.48. The van der Waals surface area contributed by atoms with Crippen LogP contribution in [0, 0.1) is 13.7 Å². The minimum atomic E-state index is -4.93. The molecular weight excluding hydrogens is 366 g/mol. The molecule has 4 nitrogen and oxygen atoms in total. The number of nitrogens with zero attached hydrogens (tertiary/aromatic N) is 2. The molecule has 0 saturated heterocycles. The highest BCUT2D eigenvalue weighted by molar-refractivity contribution is 14.1. The van der Waals surface area contributed by atoms with Crippen molar-refractivity contribution in [2.45, 2.75) is 12.6 Å². The van der Waals surface area contributed by atoms with Crippen molar-refractivity contribution in [2.75, 3.05) is 0 Å². The fourth-order valence-corrected chi connectivity index (χ4v) is 1.76. The first-order valence-corrected chi connectivity index (χ1v) is 4.92. The van der Waals surface area contributed by atoms with E-state index < -0.39 is 38.2 Å². The molecule has 0 aliphatic heterocycles. The van der Waals surface area contributed by atoms with Crippen molar-refractivity contribution in [3.63, 3.8) is 0 Å². The Labute approximate surface area is 104 Å². The zero-order valence-electron chi connectivity index (χ0n) is 7.63. The molecule has 0 aromatic carbocycles. The van der Waals surface area contributed by atoms with E-state index >= 15 is 0 Å². The molecule has 1 rings (SSSR count). The van der Waals surface area contributed by atoms with E-state index in [0.29, 0.717) is 6.07 Å². The predicted molar refractivity (Wildman–Crippen MR) is 53.6 cm³/mol. The van der Waals surface area contributed by atoms with Crippen LogP contribution in [0.2, 0.25) is 0 Å². The van der Waals surface area contributed by atoms with Crippen LogP contribution in [-0.2, 0) is 6.18 Å². The normalized spacial score (nSPS) is 11.9. The molecule has 0 saturated carbocycles. The third kappa shape index (κ3) is 2.98. The summed E-state index contributed by atoms with van der Waals surface area (Å²) in [4.78, 5) is 11.6. The number of hydrogen-bond acceptors (Lipinski definition) is 3. The Hall–Kier alpha value is -1.07. The van der Waals surface area contributed by atoms with E-state index in [1.54, 1.807) is 0 Å². The maximum absolute atomic E-state index is 12.4. The third-order valence-electron chi connectivity index (χ3n) is 1.66. The highest BCUT2D eigenvalue weighted by Crippen LogP contribution is 2.36. The van der Waals surface area contributed by atoms with Crippen LogP contribution in [0.5, 0.6) is 0 Å². The lowest BCUT2D eigenvalue weighted by Crippen LogP contribution is -2.13. The molecule has 0 atom stereocenters. The first-order valence-electron chi connectivity index (χ1n) is 3.84. The molecule has 1 heterocycles. The van der Waals surface area contributed by atoms with Crippen LogP contribution < -0.4 is 0 Å². The molecule has 1 aromatic rings. The molecule has 0 amide bonds. The van der Waals surface area contributed by atoms with Crippen LogP contribution in [0.1, 0.15) is 17.7 Å². The molecule has 0 bridgehead atoms. The van der Waals surface area contributed by atoms with Crippen molar-refractivity contribution in [2.24, 2.45) is 0 Å². The van der Waals surface area contributed by atoms with Crippen LogP contribution in [-0.4, -0.2) is 9.91 Å². The van der Waals surface area contributed by atoms with Crippen molar-refractivity contribution >= 4 is 28.4 Å². The van der Waals surface area contributed by atoms with Crippen LogP contribution in [0.4, 0.5) is 27.8 Å². The van der Waals surface area contributed by atoms with Gasteiger partial charge in [-0.05, 0) is 38.6 Å². The van der Waals surface area contributed by atoms with Crippen LogP contribution in [0.3, 0.4) is 0 Å². The minimum Gasteiger partial charge on any atom is -0.358 e. The van der Waals surface area contributed by atoms with Gasteiger partial charge in [-0.1, -0.05) is 0 Å². The molecule has 0 aliphatic carbocycles. The van der Waals surface area contributed by atoms with Crippen molar-refractivity contribution in [3.8, 4) is 0 Å². The van der Waals surface area contributed by atoms with Gasteiger partial charge in [0.15, 0.2) is 0 Å². The number of alkyl halides is 5. The van der Waals surface area contributed by atoms with Crippen molar-refractivity contribution in [1.29, 1.82) is 0 Å². The summed E-state index contributed by atoms with van der Waals surface area (Å²) in [6, 6.07) is 0.416. The predicted octanol–water partition coefficient (Wildman–Crippen LogP) is 3.55. The van der Waals surface area contributed by atoms with Crippen molar-refractivity contribution < 1.29 is 26.9 Å². The molecule has 94 valence electrons. The van der Waals surface area contributed by atoms with Crippen LogP contribution in [0.25, 0.3) is 0 Å². The molecule has 0 radical (unpaired) electrons. The Balaban J connectivity index is 3.51. The van der Waals surface area contributed by atoms with E-state index in [-0.39, 0.29) is 0 Å². The Morgan fingerprint density at radius 2 is 1.94 bits per heavy atom. The van der Waals surface area contributed by atoms with Gasteiger partial charge < -0.3 is 10.1 Å². The number of hydrogen-bond donors (Lipinski definition) is 0. The minimum absolute atomic E-state index is 0.416. The SMILES string of the molecule is O=[N+]([O-])c1nc(C(F)(F)F)c(I)cc1C(F)F. The largest absolute Gasteiger partial charge is 0.459 e. The smallest absolute Gasteiger partial charge is 0.358 e. The van der Waals surface area contributed by atoms with Gasteiger partial charge in [-0.25, -0.2) is 8.78 Å². The number of aromatic nitrogens is 1. The molecule has 17 heavy (non-hydrogen) atoms. The zero-order valence-corrected chi connectivity index (χ0v) is 9.79. The maximum atomic E-state index is 12.4. The number of pyridine rings is 1. The van der Waals surface area contributed by atoms with Gasteiger partial charge in [-0.2, -0.15) is 13.2 Å². The van der Waals surface area contributed by atoms with E-state index in [1.807, 2.05) is 0 Å². The standard InChI is InChI=1S/C7H2F5IN2O2/c8-5(9)2-1-3(13)4(7(10,11)12)14-6(2)15(16)17/h1,5H. The molecule has 0 aliphatic rings. The summed E-state index contributed by atoms with van der Waals surface area (Å²) in [7, 11) is 0.